The number of esters is 1. The third-order valence-electron chi connectivity index (χ3n) is 3.53. The van der Waals surface area contributed by atoms with E-state index in [1.807, 2.05) is 60.5 Å². The minimum Gasteiger partial charge on any atom is -0.465 e. The number of hydrogen-bond donors (Lipinski definition) is 0. The summed E-state index contributed by atoms with van der Waals surface area (Å²) in [6.45, 7) is 2.10. The van der Waals surface area contributed by atoms with E-state index in [-0.39, 0.29) is 19.0 Å². The molecule has 0 bridgehead atoms. The number of benzene rings is 2. The van der Waals surface area contributed by atoms with Gasteiger partial charge in [-0.05, 0) is 31.2 Å². The molecule has 2 rings (SSSR count). The predicted molar refractivity (Wildman–Crippen MR) is 95.1 cm³/mol. The van der Waals surface area contributed by atoms with E-state index in [0.717, 1.165) is 5.69 Å². The number of ether oxygens (including phenoxy) is 1. The van der Waals surface area contributed by atoms with Crippen LogP contribution in [-0.2, 0) is 14.3 Å². The number of likely N-dealkylation sites (N-methyl/N-ethyl adjacent to an activating group) is 1. The average Bonchev–Trinajstić information content (AvgIpc) is 2.61. The third kappa shape index (κ3) is 4.84. The van der Waals surface area contributed by atoms with E-state index in [1.165, 1.54) is 4.90 Å². The molecule has 0 aliphatic heterocycles. The van der Waals surface area contributed by atoms with E-state index >= 15 is 0 Å². The molecule has 0 spiro atoms. The van der Waals surface area contributed by atoms with Crippen molar-refractivity contribution in [2.75, 3.05) is 36.5 Å². The fraction of sp³-hybridized carbons (Fsp3) is 0.263. The van der Waals surface area contributed by atoms with Gasteiger partial charge in [0.15, 0.2) is 0 Å². The van der Waals surface area contributed by atoms with Crippen molar-refractivity contribution in [3.8, 4) is 0 Å². The molecule has 2 aromatic carbocycles. The Bertz CT molecular complexity index is 659. The van der Waals surface area contributed by atoms with E-state index in [2.05, 4.69) is 0 Å². The van der Waals surface area contributed by atoms with Crippen LogP contribution in [0.25, 0.3) is 0 Å². The fourth-order valence-electron chi connectivity index (χ4n) is 2.33. The topological polar surface area (TPSA) is 49.9 Å². The van der Waals surface area contributed by atoms with Crippen LogP contribution in [0, 0.1) is 0 Å². The van der Waals surface area contributed by atoms with Crippen LogP contribution < -0.4 is 9.80 Å². The van der Waals surface area contributed by atoms with Gasteiger partial charge in [-0.3, -0.25) is 14.5 Å². The molecule has 24 heavy (non-hydrogen) atoms. The van der Waals surface area contributed by atoms with Gasteiger partial charge in [0.05, 0.1) is 13.2 Å². The number of carbonyl (C=O) groups is 2. The first-order valence-electron chi connectivity index (χ1n) is 7.89. The Morgan fingerprint density at radius 3 is 1.96 bits per heavy atom. The Morgan fingerprint density at radius 1 is 0.875 bits per heavy atom. The van der Waals surface area contributed by atoms with Crippen LogP contribution in [0.5, 0.6) is 0 Å². The molecule has 0 unspecified atom stereocenters. The number of nitrogens with zero attached hydrogens (tertiary/aromatic N) is 2. The van der Waals surface area contributed by atoms with Crippen LogP contribution in [0.15, 0.2) is 60.7 Å². The minimum atomic E-state index is -0.419. The van der Waals surface area contributed by atoms with Crippen LogP contribution in [0.4, 0.5) is 11.4 Å². The second kappa shape index (κ2) is 8.72. The lowest BCUT2D eigenvalue weighted by Gasteiger charge is -2.26. The zero-order chi connectivity index (χ0) is 17.4. The van der Waals surface area contributed by atoms with Gasteiger partial charge in [0.25, 0.3) is 0 Å². The van der Waals surface area contributed by atoms with Crippen LogP contribution in [0.1, 0.15) is 6.92 Å². The highest BCUT2D eigenvalue weighted by atomic mass is 16.5. The molecule has 2 aromatic rings. The molecule has 0 aromatic heterocycles. The molecule has 0 saturated carbocycles. The smallest absolute Gasteiger partial charge is 0.326 e. The van der Waals surface area contributed by atoms with Crippen molar-refractivity contribution in [1.82, 2.24) is 0 Å². The summed E-state index contributed by atoms with van der Waals surface area (Å²) in [6, 6.07) is 18.8. The lowest BCUT2D eigenvalue weighted by Crippen LogP contribution is -2.42. The lowest BCUT2D eigenvalue weighted by atomic mass is 10.2. The van der Waals surface area contributed by atoms with Crippen LogP contribution >= 0.6 is 0 Å². The molecule has 5 nitrogen and oxygen atoms in total. The minimum absolute atomic E-state index is 0.0979. The van der Waals surface area contributed by atoms with Gasteiger partial charge >= 0.3 is 5.97 Å². The van der Waals surface area contributed by atoms with Gasteiger partial charge in [0.2, 0.25) is 5.91 Å². The Kier molecular flexibility index (Phi) is 6.37. The molecule has 5 heteroatoms. The van der Waals surface area contributed by atoms with Crippen molar-refractivity contribution in [2.24, 2.45) is 0 Å². The SMILES string of the molecule is CCOC(=O)CN(C(=O)CN(C)c1ccccc1)c1ccccc1. The Balaban J connectivity index is 2.13. The van der Waals surface area contributed by atoms with Crippen LogP contribution in [0.3, 0.4) is 0 Å². The number of carbonyl (C=O) groups excluding carboxylic acids is 2. The third-order valence-corrected chi connectivity index (χ3v) is 3.53. The summed E-state index contributed by atoms with van der Waals surface area (Å²) >= 11 is 0. The highest BCUT2D eigenvalue weighted by Gasteiger charge is 2.21. The van der Waals surface area contributed by atoms with Gasteiger partial charge in [0.1, 0.15) is 6.54 Å². The van der Waals surface area contributed by atoms with E-state index in [4.69, 9.17) is 4.74 Å². The maximum Gasteiger partial charge on any atom is 0.326 e. The average molecular weight is 326 g/mol. The second-order valence-electron chi connectivity index (χ2n) is 5.31. The first-order chi connectivity index (χ1) is 11.6. The maximum atomic E-state index is 12.7. The summed E-state index contributed by atoms with van der Waals surface area (Å²) in [7, 11) is 1.85. The maximum absolute atomic E-state index is 12.7. The molecule has 0 saturated heterocycles. The highest BCUT2D eigenvalue weighted by Crippen LogP contribution is 2.16. The van der Waals surface area contributed by atoms with Gasteiger partial charge in [-0.2, -0.15) is 0 Å². The molecular weight excluding hydrogens is 304 g/mol. The predicted octanol–water partition coefficient (Wildman–Crippen LogP) is 2.72. The normalized spacial score (nSPS) is 10.1. The quantitative estimate of drug-likeness (QED) is 0.734. The highest BCUT2D eigenvalue weighted by molar-refractivity contribution is 6.00. The van der Waals surface area contributed by atoms with Crippen molar-refractivity contribution in [3.05, 3.63) is 60.7 Å². The molecule has 1 amide bonds. The summed E-state index contributed by atoms with van der Waals surface area (Å²) in [4.78, 5) is 27.9. The van der Waals surface area contributed by atoms with Crippen LogP contribution in [-0.4, -0.2) is 38.6 Å². The van der Waals surface area contributed by atoms with E-state index in [1.54, 1.807) is 19.1 Å². The summed E-state index contributed by atoms with van der Waals surface area (Å²) in [5.74, 6) is -0.585. The van der Waals surface area contributed by atoms with E-state index in [9.17, 15) is 9.59 Å². The number of para-hydroxylation sites is 2. The molecule has 0 atom stereocenters. The molecule has 0 aliphatic rings. The van der Waals surface area contributed by atoms with Crippen LogP contribution in [0.2, 0.25) is 0 Å². The van der Waals surface area contributed by atoms with E-state index < -0.39 is 5.97 Å². The first-order valence-corrected chi connectivity index (χ1v) is 7.89. The summed E-state index contributed by atoms with van der Waals surface area (Å²) < 4.78 is 4.99. The second-order valence-corrected chi connectivity index (χ2v) is 5.31. The molecule has 126 valence electrons. The monoisotopic (exact) mass is 326 g/mol. The molecule has 0 radical (unpaired) electrons. The number of hydrogen-bond acceptors (Lipinski definition) is 4. The molecular formula is C19H22N2O3. The summed E-state index contributed by atoms with van der Waals surface area (Å²) in [5.41, 5.74) is 1.62. The van der Waals surface area contributed by atoms with Gasteiger partial charge < -0.3 is 9.64 Å². The van der Waals surface area contributed by atoms with E-state index in [0.29, 0.717) is 12.3 Å². The first kappa shape index (κ1) is 17.5. The van der Waals surface area contributed by atoms with Crippen molar-refractivity contribution >= 4 is 23.3 Å². The van der Waals surface area contributed by atoms with Crippen molar-refractivity contribution < 1.29 is 14.3 Å². The standard InChI is InChI=1S/C19H22N2O3/c1-3-24-19(23)15-21(17-12-8-5-9-13-17)18(22)14-20(2)16-10-6-4-7-11-16/h4-13H,3,14-15H2,1-2H3. The largest absolute Gasteiger partial charge is 0.465 e. The number of amides is 1. The number of anilines is 2. The Labute approximate surface area is 142 Å². The van der Waals surface area contributed by atoms with Gasteiger partial charge in [0, 0.05) is 18.4 Å². The molecule has 0 N–H and O–H groups in total. The van der Waals surface area contributed by atoms with Gasteiger partial charge in [-0.15, -0.1) is 0 Å². The molecule has 0 fully saturated rings. The Hall–Kier alpha value is -2.82. The summed E-state index contributed by atoms with van der Waals surface area (Å²) in [5, 5.41) is 0. The lowest BCUT2D eigenvalue weighted by molar-refractivity contribution is -0.142. The summed E-state index contributed by atoms with van der Waals surface area (Å²) in [6.07, 6.45) is 0. The van der Waals surface area contributed by atoms with Crippen molar-refractivity contribution in [1.29, 1.82) is 0 Å². The van der Waals surface area contributed by atoms with Gasteiger partial charge in [-0.1, -0.05) is 36.4 Å². The fourth-order valence-corrected chi connectivity index (χ4v) is 2.33. The van der Waals surface area contributed by atoms with Crippen molar-refractivity contribution in [2.45, 2.75) is 6.92 Å². The molecule has 0 heterocycles. The zero-order valence-corrected chi connectivity index (χ0v) is 14.0. The zero-order valence-electron chi connectivity index (χ0n) is 14.0. The Morgan fingerprint density at radius 2 is 1.42 bits per heavy atom. The van der Waals surface area contributed by atoms with Crippen molar-refractivity contribution in [3.63, 3.8) is 0 Å². The molecule has 0 aliphatic carbocycles. The van der Waals surface area contributed by atoms with Gasteiger partial charge in [-0.25, -0.2) is 0 Å². The number of rotatable bonds is 7.